The van der Waals surface area contributed by atoms with E-state index in [1.807, 2.05) is 19.1 Å². The summed E-state index contributed by atoms with van der Waals surface area (Å²) in [6.07, 6.45) is 0.434. The fraction of sp³-hybridized carbons (Fsp3) is 0.714. The minimum absolute atomic E-state index is 0.102. The van der Waals surface area contributed by atoms with Crippen LogP contribution in [0.25, 0.3) is 0 Å². The molecule has 0 aliphatic carbocycles. The Kier molecular flexibility index (Phi) is 9.57. The van der Waals surface area contributed by atoms with Gasteiger partial charge >= 0.3 is 5.97 Å². The number of nitrogens with zero attached hydrogens (tertiary/aromatic N) is 4. The van der Waals surface area contributed by atoms with Crippen molar-refractivity contribution in [1.29, 1.82) is 10.5 Å². The SMILES string of the molecule is CCN(CC(=O)N(CCC#N)CCC#N)CC(C)C(=O)O. The monoisotopic (exact) mass is 294 g/mol. The Hall–Kier alpha value is -2.12. The van der Waals surface area contributed by atoms with Crippen LogP contribution in [-0.2, 0) is 9.59 Å². The van der Waals surface area contributed by atoms with Crippen LogP contribution in [0.5, 0.6) is 0 Å². The highest BCUT2D eigenvalue weighted by Gasteiger charge is 2.20. The lowest BCUT2D eigenvalue weighted by atomic mass is 10.1. The first-order chi connectivity index (χ1) is 9.96. The van der Waals surface area contributed by atoms with E-state index in [9.17, 15) is 9.59 Å². The van der Waals surface area contributed by atoms with Gasteiger partial charge in [0.2, 0.25) is 5.91 Å². The van der Waals surface area contributed by atoms with Crippen LogP contribution in [-0.4, -0.2) is 59.5 Å². The van der Waals surface area contributed by atoms with E-state index in [1.54, 1.807) is 11.8 Å². The molecule has 0 aliphatic heterocycles. The first-order valence-electron chi connectivity index (χ1n) is 6.93. The summed E-state index contributed by atoms with van der Waals surface area (Å²) < 4.78 is 0. The van der Waals surface area contributed by atoms with Crippen LogP contribution in [0.2, 0.25) is 0 Å². The number of amides is 1. The van der Waals surface area contributed by atoms with Crippen molar-refractivity contribution < 1.29 is 14.7 Å². The molecule has 0 bridgehead atoms. The van der Waals surface area contributed by atoms with Crippen molar-refractivity contribution >= 4 is 11.9 Å². The van der Waals surface area contributed by atoms with Gasteiger partial charge in [-0.2, -0.15) is 10.5 Å². The Morgan fingerprint density at radius 3 is 2.10 bits per heavy atom. The molecular formula is C14H22N4O3. The minimum atomic E-state index is -0.897. The van der Waals surface area contributed by atoms with E-state index >= 15 is 0 Å². The highest BCUT2D eigenvalue weighted by molar-refractivity contribution is 5.78. The molecule has 116 valence electrons. The third kappa shape index (κ3) is 7.91. The van der Waals surface area contributed by atoms with Crippen LogP contribution < -0.4 is 0 Å². The Morgan fingerprint density at radius 1 is 1.19 bits per heavy atom. The van der Waals surface area contributed by atoms with E-state index in [4.69, 9.17) is 15.6 Å². The van der Waals surface area contributed by atoms with Gasteiger partial charge in [0.25, 0.3) is 0 Å². The fourth-order valence-electron chi connectivity index (χ4n) is 1.79. The molecule has 0 spiro atoms. The highest BCUT2D eigenvalue weighted by atomic mass is 16.4. The third-order valence-electron chi connectivity index (χ3n) is 3.10. The van der Waals surface area contributed by atoms with Crippen LogP contribution in [0.3, 0.4) is 0 Å². The van der Waals surface area contributed by atoms with Gasteiger partial charge in [-0.15, -0.1) is 0 Å². The normalized spacial score (nSPS) is 11.5. The maximum Gasteiger partial charge on any atom is 0.307 e. The summed E-state index contributed by atoms with van der Waals surface area (Å²) in [5.74, 6) is -1.63. The molecule has 21 heavy (non-hydrogen) atoms. The van der Waals surface area contributed by atoms with Gasteiger partial charge in [0.05, 0.1) is 37.4 Å². The summed E-state index contributed by atoms with van der Waals surface area (Å²) in [6.45, 7) is 5.00. The molecule has 0 rings (SSSR count). The van der Waals surface area contributed by atoms with E-state index < -0.39 is 11.9 Å². The Bertz CT molecular complexity index is 407. The zero-order valence-electron chi connectivity index (χ0n) is 12.6. The van der Waals surface area contributed by atoms with Crippen molar-refractivity contribution in [3.05, 3.63) is 0 Å². The fourth-order valence-corrected chi connectivity index (χ4v) is 1.79. The molecule has 0 saturated carbocycles. The lowest BCUT2D eigenvalue weighted by molar-refractivity contribution is -0.142. The molecule has 7 heteroatoms. The van der Waals surface area contributed by atoms with Crippen LogP contribution >= 0.6 is 0 Å². The van der Waals surface area contributed by atoms with Gasteiger partial charge in [-0.3, -0.25) is 14.5 Å². The molecule has 1 amide bonds. The summed E-state index contributed by atoms with van der Waals surface area (Å²) in [5.41, 5.74) is 0. The number of nitriles is 2. The molecule has 0 heterocycles. The lowest BCUT2D eigenvalue weighted by Gasteiger charge is -2.26. The highest BCUT2D eigenvalue weighted by Crippen LogP contribution is 2.03. The largest absolute Gasteiger partial charge is 0.481 e. The maximum atomic E-state index is 12.2. The molecular weight excluding hydrogens is 272 g/mol. The Morgan fingerprint density at radius 2 is 1.71 bits per heavy atom. The molecule has 1 N–H and O–H groups in total. The van der Waals surface area contributed by atoms with Gasteiger partial charge in [-0.05, 0) is 6.54 Å². The lowest BCUT2D eigenvalue weighted by Crippen LogP contribution is -2.43. The number of rotatable bonds is 10. The molecule has 7 nitrogen and oxygen atoms in total. The zero-order valence-corrected chi connectivity index (χ0v) is 12.6. The first-order valence-corrected chi connectivity index (χ1v) is 6.93. The summed E-state index contributed by atoms with van der Waals surface area (Å²) in [5, 5.41) is 26.1. The molecule has 0 aromatic heterocycles. The second-order valence-electron chi connectivity index (χ2n) is 4.76. The van der Waals surface area contributed by atoms with Crippen LogP contribution in [0.4, 0.5) is 0 Å². The molecule has 0 fully saturated rings. The smallest absolute Gasteiger partial charge is 0.307 e. The van der Waals surface area contributed by atoms with Crippen molar-refractivity contribution in [2.45, 2.75) is 26.7 Å². The van der Waals surface area contributed by atoms with Gasteiger partial charge in [0, 0.05) is 19.6 Å². The predicted octanol–water partition coefficient (Wildman–Crippen LogP) is 0.685. The first kappa shape index (κ1) is 18.9. The van der Waals surface area contributed by atoms with Crippen LogP contribution in [0, 0.1) is 28.6 Å². The molecule has 1 unspecified atom stereocenters. The van der Waals surface area contributed by atoms with E-state index in [0.29, 0.717) is 26.2 Å². The topological polar surface area (TPSA) is 108 Å². The average molecular weight is 294 g/mol. The number of likely N-dealkylation sites (N-methyl/N-ethyl adjacent to an activating group) is 1. The number of carbonyl (C=O) groups excluding carboxylic acids is 1. The minimum Gasteiger partial charge on any atom is -0.481 e. The van der Waals surface area contributed by atoms with Crippen LogP contribution in [0.1, 0.15) is 26.7 Å². The van der Waals surface area contributed by atoms with E-state index in [0.717, 1.165) is 0 Å². The summed E-state index contributed by atoms with van der Waals surface area (Å²) >= 11 is 0. The van der Waals surface area contributed by atoms with E-state index in [-0.39, 0.29) is 25.3 Å². The van der Waals surface area contributed by atoms with E-state index in [2.05, 4.69) is 0 Å². The third-order valence-corrected chi connectivity index (χ3v) is 3.10. The van der Waals surface area contributed by atoms with Gasteiger partial charge in [-0.1, -0.05) is 13.8 Å². The number of carboxylic acids is 1. The van der Waals surface area contributed by atoms with Gasteiger partial charge < -0.3 is 10.0 Å². The van der Waals surface area contributed by atoms with Gasteiger partial charge in [0.1, 0.15) is 0 Å². The number of carboxylic acid groups (broad SMARTS) is 1. The molecule has 0 saturated heterocycles. The van der Waals surface area contributed by atoms with Crippen molar-refractivity contribution in [2.24, 2.45) is 5.92 Å². The molecule has 0 aliphatic rings. The maximum absolute atomic E-state index is 12.2. The quantitative estimate of drug-likeness (QED) is 0.635. The Balaban J connectivity index is 4.57. The van der Waals surface area contributed by atoms with Crippen molar-refractivity contribution in [3.8, 4) is 12.1 Å². The number of hydrogen-bond acceptors (Lipinski definition) is 5. The number of hydrogen-bond donors (Lipinski definition) is 1. The van der Waals surface area contributed by atoms with E-state index in [1.165, 1.54) is 4.90 Å². The van der Waals surface area contributed by atoms with Gasteiger partial charge in [0.15, 0.2) is 0 Å². The Labute approximate surface area is 125 Å². The summed E-state index contributed by atoms with van der Waals surface area (Å²) in [6, 6.07) is 3.95. The van der Waals surface area contributed by atoms with Crippen molar-refractivity contribution in [1.82, 2.24) is 9.80 Å². The van der Waals surface area contributed by atoms with Crippen molar-refractivity contribution in [2.75, 3.05) is 32.7 Å². The predicted molar refractivity (Wildman–Crippen MR) is 76.0 cm³/mol. The zero-order chi connectivity index (χ0) is 16.3. The average Bonchev–Trinajstić information content (AvgIpc) is 2.46. The van der Waals surface area contributed by atoms with Gasteiger partial charge in [-0.25, -0.2) is 0 Å². The summed E-state index contributed by atoms with van der Waals surface area (Å²) in [4.78, 5) is 26.3. The van der Waals surface area contributed by atoms with Crippen molar-refractivity contribution in [3.63, 3.8) is 0 Å². The standard InChI is InChI=1S/C14H22N4O3/c1-3-17(10-12(2)14(20)21)11-13(19)18(8-4-6-15)9-5-7-16/h12H,3-5,8-11H2,1-2H3,(H,20,21). The summed E-state index contributed by atoms with van der Waals surface area (Å²) in [7, 11) is 0. The molecule has 0 aromatic rings. The number of carbonyl (C=O) groups is 2. The second-order valence-corrected chi connectivity index (χ2v) is 4.76. The molecule has 0 aromatic carbocycles. The molecule has 0 radical (unpaired) electrons. The van der Waals surface area contributed by atoms with Crippen LogP contribution in [0.15, 0.2) is 0 Å². The second kappa shape index (κ2) is 10.6. The molecule has 1 atom stereocenters. The number of aliphatic carboxylic acids is 1.